The van der Waals surface area contributed by atoms with Crippen LogP contribution in [0.3, 0.4) is 0 Å². The van der Waals surface area contributed by atoms with Crippen molar-refractivity contribution < 1.29 is 8.78 Å². The summed E-state index contributed by atoms with van der Waals surface area (Å²) in [5, 5.41) is 0. The maximum absolute atomic E-state index is 14.6. The third-order valence-corrected chi connectivity index (χ3v) is 5.96. The zero-order valence-electron chi connectivity index (χ0n) is 16.5. The van der Waals surface area contributed by atoms with Gasteiger partial charge in [0, 0.05) is 19.5 Å². The number of nitrogens with zero attached hydrogens (tertiary/aromatic N) is 1. The summed E-state index contributed by atoms with van der Waals surface area (Å²) in [6.07, 6.45) is 6.02. The van der Waals surface area contributed by atoms with Crippen LogP contribution in [0.2, 0.25) is 0 Å². The van der Waals surface area contributed by atoms with E-state index in [1.807, 2.05) is 12.1 Å². The molecule has 26 heavy (non-hydrogen) atoms. The van der Waals surface area contributed by atoms with E-state index < -0.39 is 0 Å². The van der Waals surface area contributed by atoms with Crippen LogP contribution in [-0.4, -0.2) is 11.4 Å². The lowest BCUT2D eigenvalue weighted by molar-refractivity contribution is 0.320. The fraction of sp³-hybridized carbons (Fsp3) is 0.565. The van der Waals surface area contributed by atoms with E-state index in [-0.39, 0.29) is 11.6 Å². The normalized spacial score (nSPS) is 18.4. The summed E-state index contributed by atoms with van der Waals surface area (Å²) >= 11 is 0. The van der Waals surface area contributed by atoms with Gasteiger partial charge in [-0.05, 0) is 59.9 Å². The van der Waals surface area contributed by atoms with Crippen LogP contribution in [-0.2, 0) is 19.4 Å². The van der Waals surface area contributed by atoms with Crippen LogP contribution in [0.5, 0.6) is 0 Å². The van der Waals surface area contributed by atoms with E-state index in [4.69, 9.17) is 0 Å². The highest BCUT2D eigenvalue weighted by atomic mass is 19.1. The summed E-state index contributed by atoms with van der Waals surface area (Å²) in [6.45, 7) is 10.1. The minimum atomic E-state index is -0.115. The van der Waals surface area contributed by atoms with Crippen LogP contribution in [0.15, 0.2) is 35.3 Å². The minimum Gasteiger partial charge on any atom is -0.365 e. The van der Waals surface area contributed by atoms with Gasteiger partial charge in [0.2, 0.25) is 0 Å². The van der Waals surface area contributed by atoms with Crippen LogP contribution in [0, 0.1) is 17.7 Å². The summed E-state index contributed by atoms with van der Waals surface area (Å²) in [7, 11) is 0. The Hall–Kier alpha value is -1.64. The molecular weight excluding hydrogens is 328 g/mol. The van der Waals surface area contributed by atoms with E-state index in [0.29, 0.717) is 24.8 Å². The molecule has 142 valence electrons. The Bertz CT molecular complexity index is 730. The molecule has 1 aromatic rings. The van der Waals surface area contributed by atoms with Crippen molar-refractivity contribution in [2.24, 2.45) is 11.8 Å². The number of aryl methyl sites for hydroxylation is 1. The third-order valence-electron chi connectivity index (χ3n) is 5.96. The van der Waals surface area contributed by atoms with E-state index in [1.165, 1.54) is 11.1 Å². The van der Waals surface area contributed by atoms with E-state index in [1.54, 1.807) is 6.07 Å². The van der Waals surface area contributed by atoms with Gasteiger partial charge in [-0.2, -0.15) is 0 Å². The molecule has 1 aromatic carbocycles. The molecule has 3 rings (SSSR count). The monoisotopic (exact) mass is 359 g/mol. The Morgan fingerprint density at radius 1 is 1.12 bits per heavy atom. The minimum absolute atomic E-state index is 0.0255. The largest absolute Gasteiger partial charge is 0.365 e. The van der Waals surface area contributed by atoms with Gasteiger partial charge in [0.25, 0.3) is 0 Å². The molecule has 1 atom stereocenters. The van der Waals surface area contributed by atoms with Gasteiger partial charge in [-0.15, -0.1) is 0 Å². The molecule has 3 heteroatoms. The van der Waals surface area contributed by atoms with E-state index in [2.05, 4.69) is 32.6 Å². The number of hydrogen-bond donors (Lipinski definition) is 0. The molecule has 0 saturated heterocycles. The molecule has 0 fully saturated rings. The van der Waals surface area contributed by atoms with Crippen LogP contribution >= 0.6 is 0 Å². The Morgan fingerprint density at radius 2 is 1.88 bits per heavy atom. The summed E-state index contributed by atoms with van der Waals surface area (Å²) in [5.74, 6) is 1.02. The smallest absolute Gasteiger partial charge is 0.127 e. The predicted molar refractivity (Wildman–Crippen MR) is 104 cm³/mol. The summed E-state index contributed by atoms with van der Waals surface area (Å²) in [6, 6.07) is 3.70. The zero-order chi connectivity index (χ0) is 18.8. The number of benzene rings is 1. The first kappa shape index (κ1) is 19.1. The first-order valence-electron chi connectivity index (χ1n) is 10.0. The summed E-state index contributed by atoms with van der Waals surface area (Å²) < 4.78 is 28.9. The maximum atomic E-state index is 14.6. The van der Waals surface area contributed by atoms with Crippen molar-refractivity contribution in [2.45, 2.75) is 66.3 Å². The molecule has 0 saturated carbocycles. The van der Waals surface area contributed by atoms with Gasteiger partial charge in [-0.1, -0.05) is 45.8 Å². The molecule has 2 aliphatic rings. The van der Waals surface area contributed by atoms with Gasteiger partial charge < -0.3 is 4.90 Å². The second kappa shape index (κ2) is 7.94. The molecule has 1 aliphatic heterocycles. The SMILES string of the molecule is CCCc1cc2c(cc1F)CN(C1=C(F)CC(CC(C)C(C)C)=C1)CC2. The number of rotatable bonds is 6. The average molecular weight is 360 g/mol. The van der Waals surface area contributed by atoms with E-state index >= 15 is 0 Å². The highest BCUT2D eigenvalue weighted by Crippen LogP contribution is 2.36. The van der Waals surface area contributed by atoms with Crippen molar-refractivity contribution in [3.63, 3.8) is 0 Å². The lowest BCUT2D eigenvalue weighted by Crippen LogP contribution is -2.29. The van der Waals surface area contributed by atoms with Crippen molar-refractivity contribution in [1.82, 2.24) is 4.90 Å². The van der Waals surface area contributed by atoms with E-state index in [9.17, 15) is 8.78 Å². The van der Waals surface area contributed by atoms with Crippen molar-refractivity contribution in [3.05, 3.63) is 57.8 Å². The molecule has 1 unspecified atom stereocenters. The molecule has 1 aliphatic carbocycles. The second-order valence-corrected chi connectivity index (χ2v) is 8.33. The number of hydrogen-bond acceptors (Lipinski definition) is 1. The highest BCUT2D eigenvalue weighted by molar-refractivity contribution is 5.40. The summed E-state index contributed by atoms with van der Waals surface area (Å²) in [5.41, 5.74) is 4.96. The number of halogens is 2. The Labute approximate surface area is 156 Å². The van der Waals surface area contributed by atoms with Gasteiger partial charge in [0.1, 0.15) is 11.6 Å². The van der Waals surface area contributed by atoms with Gasteiger partial charge in [-0.25, -0.2) is 8.78 Å². The molecule has 0 aromatic heterocycles. The van der Waals surface area contributed by atoms with Crippen molar-refractivity contribution in [1.29, 1.82) is 0 Å². The zero-order valence-corrected chi connectivity index (χ0v) is 16.5. The second-order valence-electron chi connectivity index (χ2n) is 8.33. The van der Waals surface area contributed by atoms with Gasteiger partial charge in [0.15, 0.2) is 0 Å². The Morgan fingerprint density at radius 3 is 2.58 bits per heavy atom. The Kier molecular flexibility index (Phi) is 5.84. The average Bonchev–Trinajstić information content (AvgIpc) is 2.95. The van der Waals surface area contributed by atoms with Crippen molar-refractivity contribution in [3.8, 4) is 0 Å². The lowest BCUT2D eigenvalue weighted by Gasteiger charge is -2.31. The molecule has 0 bridgehead atoms. The standard InChI is InChI=1S/C23H31F2N/c1-5-6-19-12-18-7-8-26(14-20(18)13-21(19)24)23-11-17(10-22(23)25)9-16(4)15(2)3/h11-13,15-16H,5-10,14H2,1-4H3. The molecule has 1 heterocycles. The van der Waals surface area contributed by atoms with E-state index in [0.717, 1.165) is 49.1 Å². The maximum Gasteiger partial charge on any atom is 0.127 e. The molecule has 0 spiro atoms. The van der Waals surface area contributed by atoms with Gasteiger partial charge in [-0.3, -0.25) is 0 Å². The molecular formula is C23H31F2N. The number of fused-ring (bicyclic) bond motifs is 1. The van der Waals surface area contributed by atoms with Crippen LogP contribution < -0.4 is 0 Å². The van der Waals surface area contributed by atoms with Crippen LogP contribution in [0.25, 0.3) is 0 Å². The lowest BCUT2D eigenvalue weighted by atomic mass is 9.90. The van der Waals surface area contributed by atoms with Crippen LogP contribution in [0.4, 0.5) is 8.78 Å². The predicted octanol–water partition coefficient (Wildman–Crippen LogP) is 6.33. The quantitative estimate of drug-likeness (QED) is 0.573. The first-order chi connectivity index (χ1) is 12.4. The molecule has 0 N–H and O–H groups in total. The molecule has 0 amide bonds. The molecule has 0 radical (unpaired) electrons. The number of allylic oxidation sites excluding steroid dienone is 3. The van der Waals surface area contributed by atoms with Crippen molar-refractivity contribution in [2.75, 3.05) is 6.54 Å². The van der Waals surface area contributed by atoms with Crippen molar-refractivity contribution >= 4 is 0 Å². The molecule has 1 nitrogen and oxygen atoms in total. The van der Waals surface area contributed by atoms with Gasteiger partial charge in [0.05, 0.1) is 5.70 Å². The fourth-order valence-corrected chi connectivity index (χ4v) is 3.95. The topological polar surface area (TPSA) is 3.24 Å². The third kappa shape index (κ3) is 4.02. The first-order valence-corrected chi connectivity index (χ1v) is 10.0. The highest BCUT2D eigenvalue weighted by Gasteiger charge is 2.26. The van der Waals surface area contributed by atoms with Crippen LogP contribution in [0.1, 0.15) is 63.6 Å². The Balaban J connectivity index is 1.75. The fourth-order valence-electron chi connectivity index (χ4n) is 3.95. The summed E-state index contributed by atoms with van der Waals surface area (Å²) in [4.78, 5) is 2.09. The van der Waals surface area contributed by atoms with Gasteiger partial charge >= 0.3 is 0 Å².